The van der Waals surface area contributed by atoms with Crippen molar-refractivity contribution < 1.29 is 23.8 Å². The van der Waals surface area contributed by atoms with Crippen LogP contribution in [0.3, 0.4) is 0 Å². The van der Waals surface area contributed by atoms with Crippen LogP contribution in [0.2, 0.25) is 0 Å². The number of hydrogen-bond acceptors (Lipinski definition) is 5. The number of fused-ring (bicyclic) bond motifs is 5. The third-order valence-electron chi connectivity index (χ3n) is 5.36. The first-order chi connectivity index (χ1) is 13.2. The first-order valence-corrected chi connectivity index (χ1v) is 8.75. The highest BCUT2D eigenvalue weighted by atomic mass is 16.6. The van der Waals surface area contributed by atoms with Gasteiger partial charge in [-0.05, 0) is 34.5 Å². The predicted molar refractivity (Wildman–Crippen MR) is 97.6 cm³/mol. The van der Waals surface area contributed by atoms with Crippen molar-refractivity contribution in [2.75, 3.05) is 7.11 Å². The quantitative estimate of drug-likeness (QED) is 0.396. The van der Waals surface area contributed by atoms with E-state index in [0.717, 1.165) is 21.9 Å². The number of carbonyl (C=O) groups excluding carboxylic acids is 2. The second-order valence-electron chi connectivity index (χ2n) is 6.75. The number of hydrogen-bond donors (Lipinski definition) is 0. The van der Waals surface area contributed by atoms with Crippen LogP contribution in [0.5, 0.6) is 11.5 Å². The van der Waals surface area contributed by atoms with Crippen LogP contribution in [-0.2, 0) is 14.3 Å². The average Bonchev–Trinajstić information content (AvgIpc) is 3.05. The van der Waals surface area contributed by atoms with Crippen molar-refractivity contribution in [1.82, 2.24) is 0 Å². The molecule has 3 aromatic carbocycles. The summed E-state index contributed by atoms with van der Waals surface area (Å²) >= 11 is 0. The van der Waals surface area contributed by atoms with Gasteiger partial charge in [-0.15, -0.1) is 0 Å². The highest BCUT2D eigenvalue weighted by molar-refractivity contribution is 6.02. The number of esters is 2. The minimum atomic E-state index is -0.949. The van der Waals surface area contributed by atoms with Gasteiger partial charge in [0.05, 0.1) is 13.0 Å². The van der Waals surface area contributed by atoms with Crippen molar-refractivity contribution in [3.8, 4) is 11.5 Å². The smallest absolute Gasteiger partial charge is 0.326 e. The van der Waals surface area contributed by atoms with Crippen LogP contribution in [0.1, 0.15) is 23.1 Å². The molecular weight excluding hydrogens is 344 g/mol. The highest BCUT2D eigenvalue weighted by Gasteiger charge is 2.55. The number of methoxy groups -OCH3 is 1. The van der Waals surface area contributed by atoms with Crippen LogP contribution in [0, 0.1) is 5.92 Å². The van der Waals surface area contributed by atoms with Crippen LogP contribution in [0.15, 0.2) is 60.7 Å². The molecule has 2 aliphatic heterocycles. The zero-order chi connectivity index (χ0) is 18.5. The lowest BCUT2D eigenvalue weighted by Crippen LogP contribution is -2.33. The summed E-state index contributed by atoms with van der Waals surface area (Å²) in [6, 6.07) is 19.0. The monoisotopic (exact) mass is 360 g/mol. The zero-order valence-electron chi connectivity index (χ0n) is 14.5. The number of benzene rings is 3. The summed E-state index contributed by atoms with van der Waals surface area (Å²) in [6.45, 7) is 0. The number of carbonyl (C=O) groups is 2. The average molecular weight is 360 g/mol. The molecule has 3 atom stereocenters. The third-order valence-corrected chi connectivity index (χ3v) is 5.36. The van der Waals surface area contributed by atoms with E-state index in [4.69, 9.17) is 14.2 Å². The van der Waals surface area contributed by atoms with Crippen LogP contribution in [0.25, 0.3) is 10.8 Å². The maximum Gasteiger partial charge on any atom is 0.326 e. The van der Waals surface area contributed by atoms with Crippen LogP contribution in [-0.4, -0.2) is 19.0 Å². The molecule has 0 bridgehead atoms. The van der Waals surface area contributed by atoms with Gasteiger partial charge in [0.1, 0.15) is 17.6 Å². The Kier molecular flexibility index (Phi) is 3.44. The topological polar surface area (TPSA) is 61.8 Å². The van der Waals surface area contributed by atoms with Gasteiger partial charge in [-0.25, -0.2) is 0 Å². The molecule has 1 fully saturated rings. The van der Waals surface area contributed by atoms with Gasteiger partial charge in [-0.2, -0.15) is 0 Å². The second-order valence-corrected chi connectivity index (χ2v) is 6.75. The molecule has 27 heavy (non-hydrogen) atoms. The van der Waals surface area contributed by atoms with Gasteiger partial charge in [0, 0.05) is 5.56 Å². The number of rotatable bonds is 2. The molecule has 134 valence electrons. The molecule has 5 heteroatoms. The van der Waals surface area contributed by atoms with Gasteiger partial charge in [0.25, 0.3) is 0 Å². The van der Waals surface area contributed by atoms with Gasteiger partial charge < -0.3 is 14.2 Å². The Morgan fingerprint density at radius 2 is 1.67 bits per heavy atom. The van der Waals surface area contributed by atoms with E-state index in [1.165, 1.54) is 0 Å². The lowest BCUT2D eigenvalue weighted by molar-refractivity contribution is -0.152. The fourth-order valence-electron chi connectivity index (χ4n) is 4.10. The Balaban J connectivity index is 1.71. The van der Waals surface area contributed by atoms with E-state index < -0.39 is 29.9 Å². The predicted octanol–water partition coefficient (Wildman–Crippen LogP) is 3.77. The Labute approximate surface area is 155 Å². The minimum absolute atomic E-state index is 0.423. The SMILES string of the molecule is COc1ccc([C@@H]2OC(=O)[C@@H]3C(=O)Oc4ccc5ccccc5c4[C@@H]32)cc1. The van der Waals surface area contributed by atoms with E-state index in [0.29, 0.717) is 11.5 Å². The van der Waals surface area contributed by atoms with E-state index in [1.54, 1.807) is 13.2 Å². The van der Waals surface area contributed by atoms with Gasteiger partial charge in [-0.3, -0.25) is 9.59 Å². The molecule has 0 spiro atoms. The van der Waals surface area contributed by atoms with Crippen molar-refractivity contribution >= 4 is 22.7 Å². The third kappa shape index (κ3) is 2.31. The normalized spacial score (nSPS) is 23.4. The molecule has 2 aliphatic rings. The van der Waals surface area contributed by atoms with Crippen molar-refractivity contribution in [2.24, 2.45) is 5.92 Å². The van der Waals surface area contributed by atoms with Gasteiger partial charge in [0.2, 0.25) is 0 Å². The molecule has 5 rings (SSSR count). The van der Waals surface area contributed by atoms with E-state index in [2.05, 4.69) is 0 Å². The van der Waals surface area contributed by atoms with E-state index in [9.17, 15) is 9.59 Å². The fourth-order valence-corrected chi connectivity index (χ4v) is 4.10. The lowest BCUT2D eigenvalue weighted by Gasteiger charge is -2.28. The molecule has 1 saturated heterocycles. The Bertz CT molecular complexity index is 1070. The zero-order valence-corrected chi connectivity index (χ0v) is 14.5. The molecule has 0 radical (unpaired) electrons. The standard InChI is InChI=1S/C22H16O5/c1-25-14-9-6-13(7-10-14)20-18-17-15-5-3-2-4-12(15)8-11-16(17)26-21(23)19(18)22(24)27-20/h2-11,18-20H,1H3/t18-,19-,20-/m0/s1. The van der Waals surface area contributed by atoms with Gasteiger partial charge in [-0.1, -0.05) is 42.5 Å². The maximum absolute atomic E-state index is 12.5. The molecule has 0 amide bonds. The largest absolute Gasteiger partial charge is 0.497 e. The maximum atomic E-state index is 12.5. The summed E-state index contributed by atoms with van der Waals surface area (Å²) in [7, 11) is 1.60. The van der Waals surface area contributed by atoms with Crippen molar-refractivity contribution in [1.29, 1.82) is 0 Å². The van der Waals surface area contributed by atoms with Crippen molar-refractivity contribution in [3.05, 3.63) is 71.8 Å². The molecule has 0 N–H and O–H groups in total. The summed E-state index contributed by atoms with van der Waals surface area (Å²) in [5.74, 6) is -1.25. The van der Waals surface area contributed by atoms with Crippen LogP contribution in [0.4, 0.5) is 0 Å². The molecule has 2 heterocycles. The van der Waals surface area contributed by atoms with Crippen molar-refractivity contribution in [2.45, 2.75) is 12.0 Å². The fraction of sp³-hybridized carbons (Fsp3) is 0.182. The lowest BCUT2D eigenvalue weighted by atomic mass is 9.78. The molecule has 0 saturated carbocycles. The van der Waals surface area contributed by atoms with E-state index in [-0.39, 0.29) is 0 Å². The summed E-state index contributed by atoms with van der Waals surface area (Å²) < 4.78 is 16.4. The molecule has 0 aromatic heterocycles. The van der Waals surface area contributed by atoms with Crippen molar-refractivity contribution in [3.63, 3.8) is 0 Å². The number of ether oxygens (including phenoxy) is 3. The molecule has 0 aliphatic carbocycles. The first-order valence-electron chi connectivity index (χ1n) is 8.75. The molecule has 3 aromatic rings. The summed E-state index contributed by atoms with van der Waals surface area (Å²) in [6.07, 6.45) is -0.550. The number of cyclic esters (lactones) is 1. The minimum Gasteiger partial charge on any atom is -0.497 e. The van der Waals surface area contributed by atoms with Gasteiger partial charge in [0.15, 0.2) is 5.92 Å². The Morgan fingerprint density at radius 3 is 2.44 bits per heavy atom. The van der Waals surface area contributed by atoms with Crippen LogP contribution >= 0.6 is 0 Å². The summed E-state index contributed by atoms with van der Waals surface area (Å²) in [5, 5.41) is 2.00. The van der Waals surface area contributed by atoms with E-state index in [1.807, 2.05) is 54.6 Å². The van der Waals surface area contributed by atoms with E-state index >= 15 is 0 Å². The van der Waals surface area contributed by atoms with Crippen LogP contribution < -0.4 is 9.47 Å². The second kappa shape index (κ2) is 5.84. The molecule has 5 nitrogen and oxygen atoms in total. The first kappa shape index (κ1) is 15.9. The summed E-state index contributed by atoms with van der Waals surface area (Å²) in [4.78, 5) is 25.0. The Morgan fingerprint density at radius 1 is 0.889 bits per heavy atom. The Hall–Kier alpha value is -3.34. The highest BCUT2D eigenvalue weighted by Crippen LogP contribution is 2.53. The molecular formula is C22H16O5. The molecule has 0 unspecified atom stereocenters. The summed E-state index contributed by atoms with van der Waals surface area (Å²) in [5.41, 5.74) is 1.68. The van der Waals surface area contributed by atoms with Gasteiger partial charge >= 0.3 is 11.9 Å².